The minimum Gasteiger partial charge on any atom is -0.357 e. The fourth-order valence-corrected chi connectivity index (χ4v) is 2.84. The van der Waals surface area contributed by atoms with Crippen molar-refractivity contribution in [2.24, 2.45) is 4.99 Å². The SMILES string of the molecule is CCNC(=NCc1ccc(Br)c(F)c1)NCCc1cccc(C(=O)N(C)C)c1. The van der Waals surface area contributed by atoms with E-state index in [4.69, 9.17) is 0 Å². The molecule has 0 heterocycles. The standard InChI is InChI=1S/C21H26BrFN4O/c1-4-24-21(26-14-16-8-9-18(22)19(23)13-16)25-11-10-15-6-5-7-17(12-15)20(28)27(2)3/h5-9,12-13H,4,10-11,14H2,1-3H3,(H2,24,25,26). The number of guanidine groups is 1. The first-order chi connectivity index (χ1) is 13.4. The summed E-state index contributed by atoms with van der Waals surface area (Å²) in [7, 11) is 3.49. The number of amides is 1. The number of carbonyl (C=O) groups excluding carboxylic acids is 1. The van der Waals surface area contributed by atoms with Gasteiger partial charge in [0.15, 0.2) is 5.96 Å². The topological polar surface area (TPSA) is 56.7 Å². The zero-order valence-electron chi connectivity index (χ0n) is 16.4. The van der Waals surface area contributed by atoms with E-state index < -0.39 is 0 Å². The first-order valence-corrected chi connectivity index (χ1v) is 9.96. The molecule has 0 fully saturated rings. The normalized spacial score (nSPS) is 11.2. The predicted molar refractivity (Wildman–Crippen MR) is 115 cm³/mol. The van der Waals surface area contributed by atoms with Crippen molar-refractivity contribution in [2.45, 2.75) is 19.9 Å². The molecule has 0 bridgehead atoms. The van der Waals surface area contributed by atoms with E-state index >= 15 is 0 Å². The summed E-state index contributed by atoms with van der Waals surface area (Å²) in [5.74, 6) is 0.371. The fourth-order valence-electron chi connectivity index (χ4n) is 2.59. The Labute approximate surface area is 174 Å². The average molecular weight is 449 g/mol. The lowest BCUT2D eigenvalue weighted by molar-refractivity contribution is 0.0827. The number of aliphatic imine (C=N–C) groups is 1. The van der Waals surface area contributed by atoms with Crippen LogP contribution in [0.1, 0.15) is 28.4 Å². The Morgan fingerprint density at radius 3 is 2.61 bits per heavy atom. The maximum atomic E-state index is 13.6. The number of hydrogen-bond donors (Lipinski definition) is 2. The Morgan fingerprint density at radius 1 is 1.14 bits per heavy atom. The van der Waals surface area contributed by atoms with Crippen molar-refractivity contribution < 1.29 is 9.18 Å². The summed E-state index contributed by atoms with van der Waals surface area (Å²) >= 11 is 3.15. The Hall–Kier alpha value is -2.41. The number of benzene rings is 2. The lowest BCUT2D eigenvalue weighted by atomic mass is 10.1. The van der Waals surface area contributed by atoms with E-state index in [1.807, 2.05) is 37.3 Å². The van der Waals surface area contributed by atoms with Gasteiger partial charge >= 0.3 is 0 Å². The summed E-state index contributed by atoms with van der Waals surface area (Å²) in [6.07, 6.45) is 0.756. The van der Waals surface area contributed by atoms with E-state index in [0.29, 0.717) is 29.1 Å². The zero-order chi connectivity index (χ0) is 20.5. The maximum Gasteiger partial charge on any atom is 0.253 e. The van der Waals surface area contributed by atoms with Crippen LogP contribution in [0.25, 0.3) is 0 Å². The molecule has 0 saturated carbocycles. The van der Waals surface area contributed by atoms with Crippen molar-refractivity contribution in [1.29, 1.82) is 0 Å². The molecular weight excluding hydrogens is 423 g/mol. The van der Waals surface area contributed by atoms with Crippen LogP contribution in [0.5, 0.6) is 0 Å². The van der Waals surface area contributed by atoms with Gasteiger partial charge in [-0.05, 0) is 64.7 Å². The molecule has 0 aliphatic heterocycles. The van der Waals surface area contributed by atoms with Crippen LogP contribution in [0.4, 0.5) is 4.39 Å². The van der Waals surface area contributed by atoms with E-state index in [2.05, 4.69) is 31.6 Å². The second-order valence-electron chi connectivity index (χ2n) is 6.52. The molecule has 2 rings (SSSR count). The van der Waals surface area contributed by atoms with Crippen molar-refractivity contribution >= 4 is 27.8 Å². The largest absolute Gasteiger partial charge is 0.357 e. The lowest BCUT2D eigenvalue weighted by Gasteiger charge is -2.13. The highest BCUT2D eigenvalue weighted by molar-refractivity contribution is 9.10. The second-order valence-corrected chi connectivity index (χ2v) is 7.37. The highest BCUT2D eigenvalue weighted by atomic mass is 79.9. The van der Waals surface area contributed by atoms with Crippen LogP contribution in [0, 0.1) is 5.82 Å². The molecule has 2 N–H and O–H groups in total. The van der Waals surface area contributed by atoms with Gasteiger partial charge in [0.05, 0.1) is 11.0 Å². The van der Waals surface area contributed by atoms with Gasteiger partial charge in [-0.15, -0.1) is 0 Å². The van der Waals surface area contributed by atoms with Crippen molar-refractivity contribution in [3.05, 3.63) is 69.4 Å². The Kier molecular flexibility index (Phi) is 8.44. The Morgan fingerprint density at radius 2 is 1.93 bits per heavy atom. The summed E-state index contributed by atoms with van der Waals surface area (Å²) < 4.78 is 14.1. The van der Waals surface area contributed by atoms with Crippen molar-refractivity contribution in [3.8, 4) is 0 Å². The van der Waals surface area contributed by atoms with Gasteiger partial charge in [0.1, 0.15) is 5.82 Å². The minimum absolute atomic E-state index is 0.00793. The molecular formula is C21H26BrFN4O. The summed E-state index contributed by atoms with van der Waals surface area (Å²) in [6, 6.07) is 12.6. The van der Waals surface area contributed by atoms with Crippen LogP contribution in [-0.4, -0.2) is 44.0 Å². The number of rotatable bonds is 7. The zero-order valence-corrected chi connectivity index (χ0v) is 18.0. The molecule has 0 aliphatic carbocycles. The van der Waals surface area contributed by atoms with Crippen LogP contribution < -0.4 is 10.6 Å². The van der Waals surface area contributed by atoms with Gasteiger partial charge < -0.3 is 15.5 Å². The lowest BCUT2D eigenvalue weighted by Crippen LogP contribution is -2.38. The molecule has 0 aromatic heterocycles. The van der Waals surface area contributed by atoms with Crippen LogP contribution in [0.2, 0.25) is 0 Å². The number of hydrogen-bond acceptors (Lipinski definition) is 2. The predicted octanol–water partition coefficient (Wildman–Crippen LogP) is 3.59. The van der Waals surface area contributed by atoms with Gasteiger partial charge in [0, 0.05) is 32.7 Å². The molecule has 2 aromatic carbocycles. The molecule has 1 amide bonds. The summed E-state index contributed by atoms with van der Waals surface area (Å²) in [4.78, 5) is 18.2. The molecule has 2 aromatic rings. The third-order valence-corrected chi connectivity index (χ3v) is 4.68. The first-order valence-electron chi connectivity index (χ1n) is 9.17. The van der Waals surface area contributed by atoms with Crippen LogP contribution in [-0.2, 0) is 13.0 Å². The summed E-state index contributed by atoms with van der Waals surface area (Å²) in [6.45, 7) is 3.77. The van der Waals surface area contributed by atoms with Crippen molar-refractivity contribution in [3.63, 3.8) is 0 Å². The van der Waals surface area contributed by atoms with Gasteiger partial charge in [-0.2, -0.15) is 0 Å². The molecule has 0 radical (unpaired) electrons. The minimum atomic E-state index is -0.294. The summed E-state index contributed by atoms with van der Waals surface area (Å²) in [5, 5.41) is 6.46. The van der Waals surface area contributed by atoms with Gasteiger partial charge in [-0.3, -0.25) is 4.79 Å². The molecule has 28 heavy (non-hydrogen) atoms. The molecule has 0 spiro atoms. The van der Waals surface area contributed by atoms with E-state index in [-0.39, 0.29) is 11.7 Å². The van der Waals surface area contributed by atoms with Crippen LogP contribution >= 0.6 is 15.9 Å². The van der Waals surface area contributed by atoms with E-state index in [9.17, 15) is 9.18 Å². The second kappa shape index (κ2) is 10.8. The van der Waals surface area contributed by atoms with Crippen molar-refractivity contribution in [2.75, 3.05) is 27.2 Å². The number of carbonyl (C=O) groups is 1. The van der Waals surface area contributed by atoms with Gasteiger partial charge in [0.25, 0.3) is 5.91 Å². The third kappa shape index (κ3) is 6.64. The van der Waals surface area contributed by atoms with E-state index in [0.717, 1.165) is 24.1 Å². The maximum absolute atomic E-state index is 13.6. The van der Waals surface area contributed by atoms with Crippen LogP contribution in [0.3, 0.4) is 0 Å². The van der Waals surface area contributed by atoms with Gasteiger partial charge in [0.2, 0.25) is 0 Å². The van der Waals surface area contributed by atoms with Crippen LogP contribution in [0.15, 0.2) is 51.9 Å². The highest BCUT2D eigenvalue weighted by Crippen LogP contribution is 2.16. The Bertz CT molecular complexity index is 839. The Balaban J connectivity index is 1.95. The monoisotopic (exact) mass is 448 g/mol. The molecule has 0 unspecified atom stereocenters. The first kappa shape index (κ1) is 21.9. The quantitative estimate of drug-likeness (QED) is 0.502. The highest BCUT2D eigenvalue weighted by Gasteiger charge is 2.08. The van der Waals surface area contributed by atoms with E-state index in [1.54, 1.807) is 25.1 Å². The molecule has 0 aliphatic rings. The number of halogens is 2. The van der Waals surface area contributed by atoms with Gasteiger partial charge in [-0.1, -0.05) is 18.2 Å². The smallest absolute Gasteiger partial charge is 0.253 e. The molecule has 5 nitrogen and oxygen atoms in total. The average Bonchev–Trinajstić information content (AvgIpc) is 2.68. The molecule has 7 heteroatoms. The van der Waals surface area contributed by atoms with Crippen molar-refractivity contribution in [1.82, 2.24) is 15.5 Å². The summed E-state index contributed by atoms with van der Waals surface area (Å²) in [5.41, 5.74) is 2.55. The number of nitrogens with zero attached hydrogens (tertiary/aromatic N) is 2. The molecule has 150 valence electrons. The number of nitrogens with one attached hydrogen (secondary N) is 2. The molecule has 0 saturated heterocycles. The van der Waals surface area contributed by atoms with Gasteiger partial charge in [-0.25, -0.2) is 9.38 Å². The fraction of sp³-hybridized carbons (Fsp3) is 0.333. The van der Waals surface area contributed by atoms with E-state index in [1.165, 1.54) is 6.07 Å². The molecule has 0 atom stereocenters. The third-order valence-electron chi connectivity index (χ3n) is 4.03.